The van der Waals surface area contributed by atoms with Gasteiger partial charge in [-0.2, -0.15) is 0 Å². The molecular formula is C6H8N2O. The molecular weight excluding hydrogens is 116 g/mol. The highest BCUT2D eigenvalue weighted by atomic mass is 16.5. The van der Waals surface area contributed by atoms with Gasteiger partial charge in [-0.1, -0.05) is 6.08 Å². The fourth-order valence-corrected chi connectivity index (χ4v) is 0.620. The zero-order chi connectivity index (χ0) is 6.53. The summed E-state index contributed by atoms with van der Waals surface area (Å²) in [6.07, 6.45) is 7.69. The minimum Gasteiger partial charge on any atom is -0.292 e. The van der Waals surface area contributed by atoms with Gasteiger partial charge in [0.25, 0.3) is 0 Å². The first-order valence-electron chi connectivity index (χ1n) is 2.70. The highest BCUT2D eigenvalue weighted by Crippen LogP contribution is 2.02. The van der Waals surface area contributed by atoms with Gasteiger partial charge in [0.1, 0.15) is 0 Å². The number of nitrogens with zero attached hydrogens (tertiary/aromatic N) is 1. The predicted octanol–water partition coefficient (Wildman–Crippen LogP) is 0.837. The first-order valence-corrected chi connectivity index (χ1v) is 2.70. The van der Waals surface area contributed by atoms with Crippen LogP contribution >= 0.6 is 0 Å². The third kappa shape index (κ3) is 1.70. The Bertz CT molecular complexity index is 170. The molecule has 0 aromatic heterocycles. The van der Waals surface area contributed by atoms with Crippen LogP contribution in [0.4, 0.5) is 0 Å². The van der Waals surface area contributed by atoms with Crippen molar-refractivity contribution < 1.29 is 5.21 Å². The van der Waals surface area contributed by atoms with Crippen molar-refractivity contribution in [2.45, 2.75) is 6.42 Å². The van der Waals surface area contributed by atoms with Crippen LogP contribution in [0.3, 0.4) is 0 Å². The lowest BCUT2D eigenvalue weighted by Crippen LogP contribution is -1.99. The molecule has 0 saturated heterocycles. The molecule has 0 radical (unpaired) electrons. The van der Waals surface area contributed by atoms with Crippen LogP contribution in [0.15, 0.2) is 29.0 Å². The molecule has 3 heteroatoms. The van der Waals surface area contributed by atoms with Crippen molar-refractivity contribution in [3.05, 3.63) is 24.0 Å². The Morgan fingerprint density at radius 3 is 3.22 bits per heavy atom. The summed E-state index contributed by atoms with van der Waals surface area (Å²) in [7, 11) is 0. The molecule has 0 saturated carbocycles. The van der Waals surface area contributed by atoms with Crippen molar-refractivity contribution in [3.8, 4) is 0 Å². The predicted molar refractivity (Wildman–Crippen MR) is 35.3 cm³/mol. The maximum Gasteiger partial charge on any atom is 0.0318 e. The van der Waals surface area contributed by atoms with E-state index < -0.39 is 0 Å². The summed E-state index contributed by atoms with van der Waals surface area (Å²) < 4.78 is 0. The standard InChI is InChI=1S/C6H8N2O/c9-8-5-6-2-1-3-7-4-6/h1,3-5,8-9H,2H2/b6-5+. The van der Waals surface area contributed by atoms with Crippen LogP contribution in [0.2, 0.25) is 0 Å². The molecule has 0 amide bonds. The van der Waals surface area contributed by atoms with E-state index in [-0.39, 0.29) is 0 Å². The highest BCUT2D eigenvalue weighted by molar-refractivity contribution is 5.80. The van der Waals surface area contributed by atoms with Gasteiger partial charge >= 0.3 is 0 Å². The van der Waals surface area contributed by atoms with Crippen LogP contribution in [0, 0.1) is 0 Å². The molecule has 1 heterocycles. The SMILES string of the molecule is ON/C=C1/C=NC=CC1. The Balaban J connectivity index is 2.55. The Morgan fingerprint density at radius 1 is 1.78 bits per heavy atom. The molecule has 0 unspecified atom stereocenters. The van der Waals surface area contributed by atoms with Gasteiger partial charge in [0, 0.05) is 18.6 Å². The largest absolute Gasteiger partial charge is 0.292 e. The average molecular weight is 124 g/mol. The summed E-state index contributed by atoms with van der Waals surface area (Å²) >= 11 is 0. The van der Waals surface area contributed by atoms with Crippen molar-refractivity contribution in [2.24, 2.45) is 4.99 Å². The molecule has 0 aliphatic carbocycles. The Morgan fingerprint density at radius 2 is 2.67 bits per heavy atom. The van der Waals surface area contributed by atoms with E-state index in [9.17, 15) is 0 Å². The summed E-state index contributed by atoms with van der Waals surface area (Å²) in [5.41, 5.74) is 2.92. The molecule has 9 heavy (non-hydrogen) atoms. The highest BCUT2D eigenvalue weighted by Gasteiger charge is 1.91. The van der Waals surface area contributed by atoms with Crippen molar-refractivity contribution >= 4 is 6.21 Å². The van der Waals surface area contributed by atoms with Gasteiger partial charge in [0.05, 0.1) is 0 Å². The van der Waals surface area contributed by atoms with E-state index in [1.165, 1.54) is 6.20 Å². The molecule has 0 atom stereocenters. The maximum absolute atomic E-state index is 8.21. The summed E-state index contributed by atoms with van der Waals surface area (Å²) in [5, 5.41) is 8.21. The van der Waals surface area contributed by atoms with Crippen LogP contribution in [-0.4, -0.2) is 11.4 Å². The van der Waals surface area contributed by atoms with E-state index >= 15 is 0 Å². The number of hydrogen-bond acceptors (Lipinski definition) is 3. The molecule has 3 nitrogen and oxygen atoms in total. The average Bonchev–Trinajstić information content (AvgIpc) is 1.91. The topological polar surface area (TPSA) is 44.6 Å². The number of nitrogens with one attached hydrogen (secondary N) is 1. The number of rotatable bonds is 1. The van der Waals surface area contributed by atoms with Gasteiger partial charge in [-0.3, -0.25) is 15.7 Å². The number of aliphatic imine (C=N–C) groups is 1. The van der Waals surface area contributed by atoms with Gasteiger partial charge in [0.15, 0.2) is 0 Å². The zero-order valence-electron chi connectivity index (χ0n) is 4.91. The van der Waals surface area contributed by atoms with Crippen LogP contribution < -0.4 is 5.48 Å². The van der Waals surface area contributed by atoms with Crippen LogP contribution in [0.5, 0.6) is 0 Å². The fourth-order valence-electron chi connectivity index (χ4n) is 0.620. The molecule has 0 fully saturated rings. The van der Waals surface area contributed by atoms with E-state index in [1.54, 1.807) is 12.4 Å². The van der Waals surface area contributed by atoms with E-state index in [0.29, 0.717) is 0 Å². The lowest BCUT2D eigenvalue weighted by molar-refractivity contribution is 0.213. The molecule has 1 aliphatic heterocycles. The summed E-state index contributed by atoms with van der Waals surface area (Å²) in [5.74, 6) is 0. The van der Waals surface area contributed by atoms with E-state index in [0.717, 1.165) is 12.0 Å². The minimum atomic E-state index is 0.830. The van der Waals surface area contributed by atoms with Crippen molar-refractivity contribution in [3.63, 3.8) is 0 Å². The smallest absolute Gasteiger partial charge is 0.0318 e. The second-order valence-electron chi connectivity index (χ2n) is 1.72. The second-order valence-corrected chi connectivity index (χ2v) is 1.72. The Labute approximate surface area is 53.4 Å². The normalized spacial score (nSPS) is 20.8. The maximum atomic E-state index is 8.21. The van der Waals surface area contributed by atoms with Crippen LogP contribution in [-0.2, 0) is 0 Å². The molecule has 0 spiro atoms. The minimum absolute atomic E-state index is 0.830. The lowest BCUT2D eigenvalue weighted by Gasteiger charge is -1.98. The second kappa shape index (κ2) is 3.04. The summed E-state index contributed by atoms with van der Waals surface area (Å²) in [6, 6.07) is 0. The molecule has 0 aromatic carbocycles. The molecule has 2 N–H and O–H groups in total. The molecule has 0 bridgehead atoms. The third-order valence-corrected chi connectivity index (χ3v) is 1.04. The number of hydrogen-bond donors (Lipinski definition) is 2. The molecule has 0 aromatic rings. The van der Waals surface area contributed by atoms with Crippen molar-refractivity contribution in [1.29, 1.82) is 0 Å². The fraction of sp³-hybridized carbons (Fsp3) is 0.167. The van der Waals surface area contributed by atoms with Crippen molar-refractivity contribution in [1.82, 2.24) is 5.48 Å². The molecule has 48 valence electrons. The summed E-state index contributed by atoms with van der Waals surface area (Å²) in [4.78, 5) is 3.85. The van der Waals surface area contributed by atoms with Gasteiger partial charge in [-0.15, -0.1) is 0 Å². The Hall–Kier alpha value is -1.09. The summed E-state index contributed by atoms with van der Waals surface area (Å²) in [6.45, 7) is 0. The quantitative estimate of drug-likeness (QED) is 0.509. The first kappa shape index (κ1) is 6.04. The monoisotopic (exact) mass is 124 g/mol. The van der Waals surface area contributed by atoms with Crippen molar-refractivity contribution in [2.75, 3.05) is 0 Å². The van der Waals surface area contributed by atoms with Crippen LogP contribution in [0.25, 0.3) is 0 Å². The number of allylic oxidation sites excluding steroid dienone is 2. The van der Waals surface area contributed by atoms with E-state index in [4.69, 9.17) is 5.21 Å². The molecule has 1 rings (SSSR count). The van der Waals surface area contributed by atoms with E-state index in [1.807, 2.05) is 11.6 Å². The van der Waals surface area contributed by atoms with Gasteiger partial charge in [0.2, 0.25) is 0 Å². The van der Waals surface area contributed by atoms with Gasteiger partial charge < -0.3 is 0 Å². The van der Waals surface area contributed by atoms with Gasteiger partial charge in [-0.05, 0) is 12.0 Å². The molecule has 1 aliphatic rings. The Kier molecular flexibility index (Phi) is 2.04. The third-order valence-electron chi connectivity index (χ3n) is 1.04. The zero-order valence-corrected chi connectivity index (χ0v) is 4.91. The van der Waals surface area contributed by atoms with E-state index in [2.05, 4.69) is 4.99 Å². The number of hydroxylamine groups is 1. The van der Waals surface area contributed by atoms with Crippen LogP contribution in [0.1, 0.15) is 6.42 Å². The lowest BCUT2D eigenvalue weighted by atomic mass is 10.2. The van der Waals surface area contributed by atoms with Gasteiger partial charge in [-0.25, -0.2) is 0 Å². The first-order chi connectivity index (χ1) is 4.43.